The third-order valence-electron chi connectivity index (χ3n) is 4.41. The minimum atomic E-state index is -0.140. The van der Waals surface area contributed by atoms with Crippen molar-refractivity contribution in [1.29, 1.82) is 0 Å². The second-order valence-corrected chi connectivity index (χ2v) is 6.12. The molecular weight excluding hydrogens is 330 g/mol. The second-order valence-electron chi connectivity index (χ2n) is 6.12. The lowest BCUT2D eigenvalue weighted by Gasteiger charge is -2.21. The van der Waals surface area contributed by atoms with Gasteiger partial charge in [0, 0.05) is 31.1 Å². The quantitative estimate of drug-likeness (QED) is 0.643. The van der Waals surface area contributed by atoms with Crippen LogP contribution in [0.4, 0.5) is 0 Å². The molecule has 5 nitrogen and oxygen atoms in total. The third kappa shape index (κ3) is 3.73. The molecule has 0 aliphatic heterocycles. The highest BCUT2D eigenvalue weighted by Gasteiger charge is 2.23. The Hall–Kier alpha value is -2.79. The lowest BCUT2D eigenvalue weighted by atomic mass is 10.1. The monoisotopic (exact) mass is 353 g/mol. The molecule has 0 fully saturated rings. The molecule has 26 heavy (non-hydrogen) atoms. The van der Waals surface area contributed by atoms with Crippen LogP contribution in [0.1, 0.15) is 21.7 Å². The minimum absolute atomic E-state index is 0.140. The Balaban J connectivity index is 1.92. The van der Waals surface area contributed by atoms with Crippen LogP contribution in [0.25, 0.3) is 11.0 Å². The zero-order chi connectivity index (χ0) is 18.5. The first-order valence-corrected chi connectivity index (χ1v) is 8.53. The largest absolute Gasteiger partial charge is 0.497 e. The van der Waals surface area contributed by atoms with Crippen LogP contribution < -0.4 is 4.74 Å². The summed E-state index contributed by atoms with van der Waals surface area (Å²) in [6.07, 6.45) is 0. The molecule has 3 aromatic rings. The van der Waals surface area contributed by atoms with Crippen molar-refractivity contribution in [2.24, 2.45) is 0 Å². The molecule has 0 spiro atoms. The summed E-state index contributed by atoms with van der Waals surface area (Å²) < 4.78 is 16.3. The van der Waals surface area contributed by atoms with Crippen molar-refractivity contribution in [3.63, 3.8) is 0 Å². The van der Waals surface area contributed by atoms with Crippen molar-refractivity contribution in [2.75, 3.05) is 27.4 Å². The van der Waals surface area contributed by atoms with E-state index < -0.39 is 0 Å². The van der Waals surface area contributed by atoms with Gasteiger partial charge >= 0.3 is 0 Å². The Morgan fingerprint density at radius 2 is 1.88 bits per heavy atom. The van der Waals surface area contributed by atoms with Gasteiger partial charge in [-0.25, -0.2) is 0 Å². The molecule has 0 unspecified atom stereocenters. The summed E-state index contributed by atoms with van der Waals surface area (Å²) in [6, 6.07) is 15.4. The topological polar surface area (TPSA) is 51.9 Å². The van der Waals surface area contributed by atoms with Gasteiger partial charge in [0.1, 0.15) is 11.3 Å². The average Bonchev–Trinajstić information content (AvgIpc) is 3.01. The first-order valence-electron chi connectivity index (χ1n) is 8.53. The van der Waals surface area contributed by atoms with Crippen LogP contribution in [0.15, 0.2) is 52.9 Å². The number of carbonyl (C=O) groups excluding carboxylic acids is 1. The molecular formula is C21H23NO4. The van der Waals surface area contributed by atoms with Crippen molar-refractivity contribution in [3.05, 3.63) is 65.4 Å². The number of hydrogen-bond donors (Lipinski definition) is 0. The highest BCUT2D eigenvalue weighted by Crippen LogP contribution is 2.29. The Morgan fingerprint density at radius 3 is 2.58 bits per heavy atom. The molecule has 0 bridgehead atoms. The summed E-state index contributed by atoms with van der Waals surface area (Å²) >= 11 is 0. The Kier molecular flexibility index (Phi) is 5.58. The molecule has 0 radical (unpaired) electrons. The van der Waals surface area contributed by atoms with Crippen LogP contribution in [0.2, 0.25) is 0 Å². The van der Waals surface area contributed by atoms with Crippen LogP contribution in [0.3, 0.4) is 0 Å². The SMILES string of the molecule is COCCN(Cc1ccccc1)C(=O)c1oc2ccc(OC)cc2c1C. The fourth-order valence-corrected chi connectivity index (χ4v) is 2.93. The smallest absolute Gasteiger partial charge is 0.290 e. The lowest BCUT2D eigenvalue weighted by Crippen LogP contribution is -2.33. The van der Waals surface area contributed by atoms with Crippen LogP contribution in [-0.2, 0) is 11.3 Å². The molecule has 1 amide bonds. The number of nitrogens with zero attached hydrogens (tertiary/aromatic N) is 1. The molecule has 0 N–H and O–H groups in total. The second kappa shape index (κ2) is 8.06. The molecule has 0 atom stereocenters. The van der Waals surface area contributed by atoms with Crippen LogP contribution in [0, 0.1) is 6.92 Å². The van der Waals surface area contributed by atoms with E-state index in [-0.39, 0.29) is 5.91 Å². The van der Waals surface area contributed by atoms with Gasteiger partial charge in [0.05, 0.1) is 13.7 Å². The van der Waals surface area contributed by atoms with E-state index >= 15 is 0 Å². The van der Waals surface area contributed by atoms with Gasteiger partial charge in [-0.1, -0.05) is 30.3 Å². The summed E-state index contributed by atoms with van der Waals surface area (Å²) in [5.41, 5.74) is 2.56. The van der Waals surface area contributed by atoms with Gasteiger partial charge in [-0.3, -0.25) is 4.79 Å². The first-order chi connectivity index (χ1) is 12.6. The zero-order valence-electron chi connectivity index (χ0n) is 15.3. The maximum absolute atomic E-state index is 13.1. The van der Waals surface area contributed by atoms with E-state index in [1.165, 1.54) is 0 Å². The molecule has 1 aromatic heterocycles. The van der Waals surface area contributed by atoms with Gasteiger partial charge in [-0.15, -0.1) is 0 Å². The van der Waals surface area contributed by atoms with Gasteiger partial charge in [0.25, 0.3) is 5.91 Å². The highest BCUT2D eigenvalue weighted by atomic mass is 16.5. The summed E-state index contributed by atoms with van der Waals surface area (Å²) in [6.45, 7) is 3.36. The fraction of sp³-hybridized carbons (Fsp3) is 0.286. The van der Waals surface area contributed by atoms with Gasteiger partial charge in [0.15, 0.2) is 5.76 Å². The summed E-state index contributed by atoms with van der Waals surface area (Å²) in [5.74, 6) is 0.958. The van der Waals surface area contributed by atoms with E-state index in [0.717, 1.165) is 22.3 Å². The number of aryl methyl sites for hydroxylation is 1. The molecule has 0 saturated carbocycles. The molecule has 0 aliphatic rings. The summed E-state index contributed by atoms with van der Waals surface area (Å²) in [5, 5.41) is 0.888. The predicted octanol–water partition coefficient (Wildman–Crippen LogP) is 4.04. The van der Waals surface area contributed by atoms with Crippen LogP contribution in [-0.4, -0.2) is 38.2 Å². The fourth-order valence-electron chi connectivity index (χ4n) is 2.93. The number of ether oxygens (including phenoxy) is 2. The van der Waals surface area contributed by atoms with Crippen LogP contribution in [0.5, 0.6) is 5.75 Å². The molecule has 3 rings (SSSR count). The number of carbonyl (C=O) groups is 1. The van der Waals surface area contributed by atoms with Gasteiger partial charge < -0.3 is 18.8 Å². The Bertz CT molecular complexity index is 886. The predicted molar refractivity (Wildman–Crippen MR) is 101 cm³/mol. The van der Waals surface area contributed by atoms with E-state index in [1.54, 1.807) is 19.1 Å². The average molecular weight is 353 g/mol. The standard InChI is InChI=1S/C21H23NO4/c1-15-18-13-17(25-3)9-10-19(18)26-20(15)21(23)22(11-12-24-2)14-16-7-5-4-6-8-16/h4-10,13H,11-12,14H2,1-3H3. The van der Waals surface area contributed by atoms with Gasteiger partial charge in [-0.05, 0) is 30.7 Å². The molecule has 136 valence electrons. The number of methoxy groups -OCH3 is 2. The molecule has 0 saturated heterocycles. The number of rotatable bonds is 7. The van der Waals surface area contributed by atoms with E-state index in [1.807, 2.05) is 55.5 Å². The summed E-state index contributed by atoms with van der Waals surface area (Å²) in [7, 11) is 3.25. The third-order valence-corrected chi connectivity index (χ3v) is 4.41. The number of furan rings is 1. The van der Waals surface area contributed by atoms with E-state index in [9.17, 15) is 4.79 Å². The number of benzene rings is 2. The first kappa shape index (κ1) is 18.0. The molecule has 5 heteroatoms. The molecule has 2 aromatic carbocycles. The van der Waals surface area contributed by atoms with E-state index in [4.69, 9.17) is 13.9 Å². The number of amides is 1. The maximum atomic E-state index is 13.1. The van der Waals surface area contributed by atoms with Gasteiger partial charge in [0.2, 0.25) is 0 Å². The van der Waals surface area contributed by atoms with Crippen molar-refractivity contribution >= 4 is 16.9 Å². The van der Waals surface area contributed by atoms with Crippen molar-refractivity contribution in [2.45, 2.75) is 13.5 Å². The normalized spacial score (nSPS) is 10.9. The van der Waals surface area contributed by atoms with Gasteiger partial charge in [-0.2, -0.15) is 0 Å². The zero-order valence-corrected chi connectivity index (χ0v) is 15.3. The minimum Gasteiger partial charge on any atom is -0.497 e. The van der Waals surface area contributed by atoms with E-state index in [2.05, 4.69) is 0 Å². The molecule has 1 heterocycles. The van der Waals surface area contributed by atoms with Crippen LogP contribution >= 0.6 is 0 Å². The van der Waals surface area contributed by atoms with Crippen molar-refractivity contribution < 1.29 is 18.7 Å². The lowest BCUT2D eigenvalue weighted by molar-refractivity contribution is 0.0650. The van der Waals surface area contributed by atoms with E-state index in [0.29, 0.717) is 31.0 Å². The van der Waals surface area contributed by atoms with Crippen molar-refractivity contribution in [1.82, 2.24) is 4.90 Å². The highest BCUT2D eigenvalue weighted by molar-refractivity contribution is 5.99. The number of fused-ring (bicyclic) bond motifs is 1. The van der Waals surface area contributed by atoms with Crippen molar-refractivity contribution in [3.8, 4) is 5.75 Å². The summed E-state index contributed by atoms with van der Waals surface area (Å²) in [4.78, 5) is 14.9. The Labute approximate surface area is 153 Å². The Morgan fingerprint density at radius 1 is 1.12 bits per heavy atom. The number of hydrogen-bond acceptors (Lipinski definition) is 4. The maximum Gasteiger partial charge on any atom is 0.290 e. The molecule has 0 aliphatic carbocycles.